The first-order valence-corrected chi connectivity index (χ1v) is 4.93. The summed E-state index contributed by atoms with van der Waals surface area (Å²) < 4.78 is 65.4. The quantitative estimate of drug-likeness (QED) is 0.604. The number of benzene rings is 1. The summed E-state index contributed by atoms with van der Waals surface area (Å²) in [5, 5.41) is 0. The number of alkyl halides is 5. The van der Waals surface area contributed by atoms with Crippen molar-refractivity contribution in [3.63, 3.8) is 0 Å². The van der Waals surface area contributed by atoms with Gasteiger partial charge in [-0.1, -0.05) is 6.07 Å². The Morgan fingerprint density at radius 3 is 2.44 bits per heavy atom. The predicted octanol–water partition coefficient (Wildman–Crippen LogP) is 3.44. The number of carbonyl (C=O) groups is 1. The van der Waals surface area contributed by atoms with Gasteiger partial charge in [-0.3, -0.25) is 0 Å². The molecule has 0 spiro atoms. The fraction of sp³-hybridized carbons (Fsp3) is 0.364. The molecule has 0 atom stereocenters. The highest BCUT2D eigenvalue weighted by molar-refractivity contribution is 5.51. The molecule has 0 aliphatic carbocycles. The highest BCUT2D eigenvalue weighted by atomic mass is 19.4. The maximum absolute atomic E-state index is 12.4. The van der Waals surface area contributed by atoms with Gasteiger partial charge in [0.05, 0.1) is 5.56 Å². The first kappa shape index (κ1) is 14.4. The number of carbonyl (C=O) groups excluding carboxylic acids is 1. The Morgan fingerprint density at radius 2 is 1.94 bits per heavy atom. The van der Waals surface area contributed by atoms with Crippen LogP contribution in [0.25, 0.3) is 0 Å². The van der Waals surface area contributed by atoms with Crippen LogP contribution in [0, 0.1) is 0 Å². The molecule has 0 aromatic heterocycles. The molecule has 0 heterocycles. The minimum atomic E-state index is -4.64. The van der Waals surface area contributed by atoms with Crippen LogP contribution in [0.3, 0.4) is 0 Å². The van der Waals surface area contributed by atoms with Crippen molar-refractivity contribution < 1.29 is 31.5 Å². The predicted molar refractivity (Wildman–Crippen MR) is 52.5 cm³/mol. The molecule has 0 aliphatic rings. The second kappa shape index (κ2) is 5.79. The lowest BCUT2D eigenvalue weighted by atomic mass is 10.1. The molecule has 0 amide bonds. The lowest BCUT2D eigenvalue weighted by Crippen LogP contribution is -2.09. The van der Waals surface area contributed by atoms with Crippen molar-refractivity contribution >= 4 is 6.29 Å². The van der Waals surface area contributed by atoms with Crippen LogP contribution in [-0.4, -0.2) is 12.9 Å². The average molecular weight is 268 g/mol. The van der Waals surface area contributed by atoms with Crippen molar-refractivity contribution in [3.8, 4) is 5.75 Å². The highest BCUT2D eigenvalue weighted by Gasteiger charge is 2.31. The van der Waals surface area contributed by atoms with E-state index in [1.54, 1.807) is 0 Å². The average Bonchev–Trinajstić information content (AvgIpc) is 2.25. The summed E-state index contributed by atoms with van der Waals surface area (Å²) in [6, 6.07) is 2.30. The standard InChI is InChI=1S/C11H9F5O2/c12-10(13)18-9-6-8(11(14,15)16)4-3-7(9)2-1-5-17/h3-6,10H,1-2H2. The van der Waals surface area contributed by atoms with E-state index in [1.807, 2.05) is 0 Å². The summed E-state index contributed by atoms with van der Waals surface area (Å²) in [5.74, 6) is -0.554. The van der Waals surface area contributed by atoms with E-state index in [4.69, 9.17) is 0 Å². The van der Waals surface area contributed by atoms with E-state index in [0.717, 1.165) is 12.1 Å². The molecule has 0 aliphatic heterocycles. The number of aryl methyl sites for hydroxylation is 1. The lowest BCUT2D eigenvalue weighted by molar-refractivity contribution is -0.138. The molecule has 0 N–H and O–H groups in total. The van der Waals surface area contributed by atoms with E-state index in [1.165, 1.54) is 0 Å². The number of rotatable bonds is 5. The summed E-state index contributed by atoms with van der Waals surface area (Å²) in [6.07, 6.45) is -4.03. The van der Waals surface area contributed by atoms with Gasteiger partial charge in [0.25, 0.3) is 0 Å². The maximum Gasteiger partial charge on any atom is 0.416 e. The second-order valence-corrected chi connectivity index (χ2v) is 3.40. The van der Waals surface area contributed by atoms with Gasteiger partial charge in [0.1, 0.15) is 12.0 Å². The lowest BCUT2D eigenvalue weighted by Gasteiger charge is -2.13. The van der Waals surface area contributed by atoms with Crippen molar-refractivity contribution in [2.45, 2.75) is 25.6 Å². The molecule has 0 bridgehead atoms. The van der Waals surface area contributed by atoms with Crippen LogP contribution >= 0.6 is 0 Å². The molecule has 0 unspecified atom stereocenters. The van der Waals surface area contributed by atoms with E-state index in [-0.39, 0.29) is 18.4 Å². The van der Waals surface area contributed by atoms with Crippen LogP contribution in [0.1, 0.15) is 17.5 Å². The molecule has 18 heavy (non-hydrogen) atoms. The number of ether oxygens (including phenoxy) is 1. The van der Waals surface area contributed by atoms with Gasteiger partial charge in [-0.15, -0.1) is 0 Å². The second-order valence-electron chi connectivity index (χ2n) is 3.40. The van der Waals surface area contributed by atoms with Crippen LogP contribution in [0.4, 0.5) is 22.0 Å². The van der Waals surface area contributed by atoms with E-state index < -0.39 is 24.1 Å². The molecule has 0 radical (unpaired) electrons. The monoisotopic (exact) mass is 268 g/mol. The third kappa shape index (κ3) is 3.97. The molecular formula is C11H9F5O2. The van der Waals surface area contributed by atoms with E-state index in [0.29, 0.717) is 12.4 Å². The topological polar surface area (TPSA) is 26.3 Å². The Morgan fingerprint density at radius 1 is 1.28 bits per heavy atom. The van der Waals surface area contributed by atoms with Gasteiger partial charge < -0.3 is 9.53 Å². The summed E-state index contributed by atoms with van der Waals surface area (Å²) in [4.78, 5) is 10.2. The van der Waals surface area contributed by atoms with Crippen molar-refractivity contribution in [1.29, 1.82) is 0 Å². The van der Waals surface area contributed by atoms with E-state index >= 15 is 0 Å². The number of aldehydes is 1. The molecule has 1 rings (SSSR count). The molecule has 100 valence electrons. The van der Waals surface area contributed by atoms with Gasteiger partial charge in [-0.25, -0.2) is 0 Å². The summed E-state index contributed by atoms with van der Waals surface area (Å²) in [5.41, 5.74) is -0.941. The van der Waals surface area contributed by atoms with Crippen LogP contribution in [0.2, 0.25) is 0 Å². The van der Waals surface area contributed by atoms with Gasteiger partial charge in [-0.2, -0.15) is 22.0 Å². The molecule has 0 saturated heterocycles. The van der Waals surface area contributed by atoms with E-state index in [9.17, 15) is 26.7 Å². The highest BCUT2D eigenvalue weighted by Crippen LogP contribution is 2.34. The zero-order valence-corrected chi connectivity index (χ0v) is 9.01. The molecule has 0 saturated carbocycles. The molecular weight excluding hydrogens is 259 g/mol. The van der Waals surface area contributed by atoms with Crippen molar-refractivity contribution in [2.24, 2.45) is 0 Å². The number of halogens is 5. The van der Waals surface area contributed by atoms with Crippen LogP contribution in [-0.2, 0) is 17.4 Å². The van der Waals surface area contributed by atoms with Gasteiger partial charge >= 0.3 is 12.8 Å². The molecule has 1 aromatic rings. The van der Waals surface area contributed by atoms with Crippen molar-refractivity contribution in [3.05, 3.63) is 29.3 Å². The van der Waals surface area contributed by atoms with Crippen molar-refractivity contribution in [2.75, 3.05) is 0 Å². The Balaban J connectivity index is 3.07. The Labute approximate surface area is 99.4 Å². The Kier molecular flexibility index (Phi) is 4.63. The summed E-state index contributed by atoms with van der Waals surface area (Å²) >= 11 is 0. The number of hydrogen-bond donors (Lipinski definition) is 0. The van der Waals surface area contributed by atoms with Gasteiger partial charge in [-0.05, 0) is 24.1 Å². The van der Waals surface area contributed by atoms with Crippen molar-refractivity contribution in [1.82, 2.24) is 0 Å². The van der Waals surface area contributed by atoms with E-state index in [2.05, 4.69) is 4.74 Å². The SMILES string of the molecule is O=CCCc1ccc(C(F)(F)F)cc1OC(F)F. The van der Waals surface area contributed by atoms with Crippen LogP contribution in [0.5, 0.6) is 5.75 Å². The third-order valence-electron chi connectivity index (χ3n) is 2.14. The van der Waals surface area contributed by atoms with Crippen LogP contribution < -0.4 is 4.74 Å². The third-order valence-corrected chi connectivity index (χ3v) is 2.14. The molecule has 1 aromatic carbocycles. The summed E-state index contributed by atoms with van der Waals surface area (Å²) in [6.45, 7) is -3.22. The first-order chi connectivity index (χ1) is 8.34. The smallest absolute Gasteiger partial charge is 0.416 e. The molecule has 2 nitrogen and oxygen atoms in total. The molecule has 0 fully saturated rings. The maximum atomic E-state index is 12.4. The largest absolute Gasteiger partial charge is 0.435 e. The fourth-order valence-electron chi connectivity index (χ4n) is 1.36. The van der Waals surface area contributed by atoms with Gasteiger partial charge in [0, 0.05) is 6.42 Å². The Hall–Kier alpha value is -1.66. The minimum Gasteiger partial charge on any atom is -0.435 e. The zero-order chi connectivity index (χ0) is 13.8. The fourth-order valence-corrected chi connectivity index (χ4v) is 1.36. The summed E-state index contributed by atoms with van der Waals surface area (Å²) in [7, 11) is 0. The molecule has 7 heteroatoms. The van der Waals surface area contributed by atoms with Gasteiger partial charge in [0.2, 0.25) is 0 Å². The zero-order valence-electron chi connectivity index (χ0n) is 9.01. The Bertz CT molecular complexity index is 414. The minimum absolute atomic E-state index is 0.0188. The van der Waals surface area contributed by atoms with Crippen LogP contribution in [0.15, 0.2) is 18.2 Å². The van der Waals surface area contributed by atoms with Gasteiger partial charge in [0.15, 0.2) is 0 Å². The first-order valence-electron chi connectivity index (χ1n) is 4.93. The normalized spacial score (nSPS) is 11.7. The number of hydrogen-bond acceptors (Lipinski definition) is 2.